The van der Waals surface area contributed by atoms with E-state index in [2.05, 4.69) is 52.1 Å². The van der Waals surface area contributed by atoms with Gasteiger partial charge in [-0.3, -0.25) is 4.79 Å². The summed E-state index contributed by atoms with van der Waals surface area (Å²) in [4.78, 5) is 14.2. The summed E-state index contributed by atoms with van der Waals surface area (Å²) in [7, 11) is 0. The highest BCUT2D eigenvalue weighted by molar-refractivity contribution is 9.10. The van der Waals surface area contributed by atoms with Crippen molar-refractivity contribution >= 4 is 39.1 Å². The zero-order valence-corrected chi connectivity index (χ0v) is 16.7. The van der Waals surface area contributed by atoms with Crippen molar-refractivity contribution in [3.05, 3.63) is 57.5 Å². The summed E-state index contributed by atoms with van der Waals surface area (Å²) in [6.07, 6.45) is 0. The Bertz CT molecular complexity index is 703. The zero-order valence-electron chi connectivity index (χ0n) is 14.4. The minimum absolute atomic E-state index is 0.0439. The molecule has 0 fully saturated rings. The molecule has 0 aliphatic carbocycles. The van der Waals surface area contributed by atoms with Gasteiger partial charge < -0.3 is 15.0 Å². The largest absolute Gasteiger partial charge is 0.483 e. The van der Waals surface area contributed by atoms with Gasteiger partial charge >= 0.3 is 0 Å². The summed E-state index contributed by atoms with van der Waals surface area (Å²) < 4.78 is 6.22. The van der Waals surface area contributed by atoms with Gasteiger partial charge in [0.2, 0.25) is 0 Å². The average molecular weight is 426 g/mol. The Morgan fingerprint density at radius 3 is 2.44 bits per heavy atom. The number of nitrogens with zero attached hydrogens (tertiary/aromatic N) is 1. The van der Waals surface area contributed by atoms with Crippen LogP contribution in [0.1, 0.15) is 19.4 Å². The van der Waals surface area contributed by atoms with Crippen LogP contribution in [0.5, 0.6) is 5.75 Å². The third kappa shape index (κ3) is 5.94. The molecule has 0 saturated carbocycles. The summed E-state index contributed by atoms with van der Waals surface area (Å²) >= 11 is 9.24. The van der Waals surface area contributed by atoms with Crippen molar-refractivity contribution in [1.29, 1.82) is 0 Å². The van der Waals surface area contributed by atoms with Crippen molar-refractivity contribution < 1.29 is 9.53 Å². The maximum atomic E-state index is 12.0. The fourth-order valence-corrected chi connectivity index (χ4v) is 3.20. The van der Waals surface area contributed by atoms with E-state index in [4.69, 9.17) is 16.3 Å². The van der Waals surface area contributed by atoms with Crippen LogP contribution < -0.4 is 15.0 Å². The molecule has 0 saturated heterocycles. The lowest BCUT2D eigenvalue weighted by Crippen LogP contribution is -2.28. The number of hydrogen-bond acceptors (Lipinski definition) is 3. The highest BCUT2D eigenvalue weighted by atomic mass is 79.9. The maximum absolute atomic E-state index is 12.0. The van der Waals surface area contributed by atoms with E-state index in [0.29, 0.717) is 17.3 Å². The number of carbonyl (C=O) groups excluding carboxylic acids is 1. The number of ether oxygens (including phenoxy) is 1. The summed E-state index contributed by atoms with van der Waals surface area (Å²) in [5.41, 5.74) is 2.24. The molecule has 0 atom stereocenters. The average Bonchev–Trinajstić information content (AvgIpc) is 2.61. The Hall–Kier alpha value is -1.72. The van der Waals surface area contributed by atoms with Crippen LogP contribution in [0.2, 0.25) is 5.02 Å². The van der Waals surface area contributed by atoms with Crippen molar-refractivity contribution in [2.75, 3.05) is 24.6 Å². The van der Waals surface area contributed by atoms with E-state index in [1.54, 1.807) is 18.2 Å². The van der Waals surface area contributed by atoms with Crippen molar-refractivity contribution in [3.8, 4) is 5.75 Å². The van der Waals surface area contributed by atoms with E-state index >= 15 is 0 Å². The van der Waals surface area contributed by atoms with Crippen LogP contribution >= 0.6 is 27.5 Å². The van der Waals surface area contributed by atoms with E-state index in [1.165, 1.54) is 5.69 Å². The number of nitrogens with one attached hydrogen (secondary N) is 1. The molecule has 0 unspecified atom stereocenters. The van der Waals surface area contributed by atoms with Gasteiger partial charge in [-0.15, -0.1) is 0 Å². The highest BCUT2D eigenvalue weighted by Gasteiger charge is 2.07. The number of rotatable bonds is 8. The van der Waals surface area contributed by atoms with Gasteiger partial charge in [-0.05, 0) is 65.7 Å². The first-order chi connectivity index (χ1) is 12.0. The van der Waals surface area contributed by atoms with E-state index in [9.17, 15) is 4.79 Å². The standard InChI is InChI=1S/C19H22BrClN2O2/c1-3-23(4-2)16-8-5-14(6-9-16)12-22-19(24)13-25-18-10-7-15(21)11-17(18)20/h5-11H,3-4,12-13H2,1-2H3,(H,22,24). The summed E-state index contributed by atoms with van der Waals surface area (Å²) in [6, 6.07) is 13.4. The first-order valence-corrected chi connectivity index (χ1v) is 9.39. The number of anilines is 1. The highest BCUT2D eigenvalue weighted by Crippen LogP contribution is 2.27. The minimum atomic E-state index is -0.172. The van der Waals surface area contributed by atoms with E-state index < -0.39 is 0 Å². The van der Waals surface area contributed by atoms with Crippen LogP contribution in [0.4, 0.5) is 5.69 Å². The molecule has 1 amide bonds. The molecule has 0 aliphatic heterocycles. The maximum Gasteiger partial charge on any atom is 0.258 e. The second-order valence-corrected chi connectivity index (χ2v) is 6.77. The summed E-state index contributed by atoms with van der Waals surface area (Å²) in [6.45, 7) is 6.65. The van der Waals surface area contributed by atoms with Gasteiger partial charge in [-0.1, -0.05) is 23.7 Å². The fourth-order valence-electron chi connectivity index (χ4n) is 2.40. The Balaban J connectivity index is 1.81. The van der Waals surface area contributed by atoms with Crippen LogP contribution in [-0.4, -0.2) is 25.6 Å². The van der Waals surface area contributed by atoms with Crippen molar-refractivity contribution in [2.24, 2.45) is 0 Å². The number of halogens is 2. The molecule has 2 aromatic carbocycles. The van der Waals surface area contributed by atoms with E-state index in [1.807, 2.05) is 12.1 Å². The molecule has 4 nitrogen and oxygen atoms in total. The predicted octanol–water partition coefficient (Wildman–Crippen LogP) is 4.64. The molecular weight excluding hydrogens is 404 g/mol. The molecular formula is C19H22BrClN2O2. The van der Waals surface area contributed by atoms with Crippen molar-refractivity contribution in [3.63, 3.8) is 0 Å². The first-order valence-electron chi connectivity index (χ1n) is 8.22. The molecule has 2 rings (SSSR count). The smallest absolute Gasteiger partial charge is 0.258 e. The fraction of sp³-hybridized carbons (Fsp3) is 0.316. The lowest BCUT2D eigenvalue weighted by molar-refractivity contribution is -0.123. The van der Waals surface area contributed by atoms with E-state index in [0.717, 1.165) is 23.1 Å². The van der Waals surface area contributed by atoms with Gasteiger partial charge in [0.15, 0.2) is 6.61 Å². The first kappa shape index (κ1) is 19.6. The second kappa shape index (κ2) is 9.68. The third-order valence-electron chi connectivity index (χ3n) is 3.81. The quantitative estimate of drug-likeness (QED) is 0.669. The molecule has 2 aromatic rings. The third-order valence-corrected chi connectivity index (χ3v) is 4.66. The van der Waals surface area contributed by atoms with Crippen LogP contribution in [0.25, 0.3) is 0 Å². The van der Waals surface area contributed by atoms with Gasteiger partial charge in [-0.25, -0.2) is 0 Å². The van der Waals surface area contributed by atoms with Gasteiger partial charge in [0, 0.05) is 30.3 Å². The van der Waals surface area contributed by atoms with Crippen LogP contribution in [0.15, 0.2) is 46.9 Å². The SMILES string of the molecule is CCN(CC)c1ccc(CNC(=O)COc2ccc(Cl)cc2Br)cc1. The van der Waals surface area contributed by atoms with Gasteiger partial charge in [0.1, 0.15) is 5.75 Å². The van der Waals surface area contributed by atoms with Crippen LogP contribution in [0, 0.1) is 0 Å². The van der Waals surface area contributed by atoms with Crippen molar-refractivity contribution in [1.82, 2.24) is 5.32 Å². The number of benzene rings is 2. The monoisotopic (exact) mass is 424 g/mol. The van der Waals surface area contributed by atoms with Crippen LogP contribution in [-0.2, 0) is 11.3 Å². The predicted molar refractivity (Wildman–Crippen MR) is 106 cm³/mol. The number of carbonyl (C=O) groups is 1. The van der Waals surface area contributed by atoms with E-state index in [-0.39, 0.29) is 12.5 Å². The summed E-state index contributed by atoms with van der Waals surface area (Å²) in [5, 5.41) is 3.47. The number of amides is 1. The lowest BCUT2D eigenvalue weighted by Gasteiger charge is -2.21. The Labute approximate surface area is 162 Å². The number of hydrogen-bond donors (Lipinski definition) is 1. The molecule has 1 N–H and O–H groups in total. The Morgan fingerprint density at radius 1 is 1.16 bits per heavy atom. The second-order valence-electron chi connectivity index (χ2n) is 5.48. The Morgan fingerprint density at radius 2 is 1.84 bits per heavy atom. The molecule has 0 radical (unpaired) electrons. The molecule has 0 heterocycles. The molecule has 134 valence electrons. The molecule has 6 heteroatoms. The van der Waals surface area contributed by atoms with Gasteiger partial charge in [0.05, 0.1) is 4.47 Å². The lowest BCUT2D eigenvalue weighted by atomic mass is 10.2. The molecule has 0 spiro atoms. The van der Waals surface area contributed by atoms with Crippen LogP contribution in [0.3, 0.4) is 0 Å². The Kier molecular flexibility index (Phi) is 7.59. The topological polar surface area (TPSA) is 41.6 Å². The van der Waals surface area contributed by atoms with Gasteiger partial charge in [0.25, 0.3) is 5.91 Å². The van der Waals surface area contributed by atoms with Crippen molar-refractivity contribution in [2.45, 2.75) is 20.4 Å². The van der Waals surface area contributed by atoms with Gasteiger partial charge in [-0.2, -0.15) is 0 Å². The molecule has 0 bridgehead atoms. The molecule has 25 heavy (non-hydrogen) atoms. The normalized spacial score (nSPS) is 10.4. The molecule has 0 aromatic heterocycles. The molecule has 0 aliphatic rings. The minimum Gasteiger partial charge on any atom is -0.483 e. The summed E-state index contributed by atoms with van der Waals surface area (Å²) in [5.74, 6) is 0.415. The zero-order chi connectivity index (χ0) is 18.2.